The SMILES string of the molecule is CC(=O)Nc1ccn([C@@H]2O[C@H](COP(=O)(O)CC[C@@]3(CO[Si](C)(C)C(C)(C)C)C[C@H](OC(C)=O)[C@@H](NC(C)=O)[C@H]([C@H](OC(C)=O)[C@@H](COC(C)=O)OC(C)=O)O3)[C@@H](OC(C)=O)[C@H]2OC(C)=O)c(=O)n1. The van der Waals surface area contributed by atoms with Gasteiger partial charge in [-0.15, -0.1) is 0 Å². The summed E-state index contributed by atoms with van der Waals surface area (Å²) < 4.78 is 73.4. The topological polar surface area (TPSA) is 325 Å². The number of carbonyl (C=O) groups is 8. The Labute approximate surface area is 399 Å². The Hall–Kier alpha value is -5.11. The van der Waals surface area contributed by atoms with Crippen molar-refractivity contribution in [1.82, 2.24) is 14.9 Å². The van der Waals surface area contributed by atoms with E-state index in [-0.39, 0.29) is 18.8 Å². The van der Waals surface area contributed by atoms with Gasteiger partial charge >= 0.3 is 49.1 Å². The lowest BCUT2D eigenvalue weighted by Crippen LogP contribution is -2.68. The number of anilines is 1. The van der Waals surface area contributed by atoms with E-state index in [0.717, 1.165) is 53.0 Å². The molecule has 1 unspecified atom stereocenters. The number of hydrogen-bond acceptors (Lipinski definition) is 21. The minimum absolute atomic E-state index is 0.109. The maximum atomic E-state index is 14.2. The van der Waals surface area contributed by atoms with Crippen molar-refractivity contribution >= 4 is 69.4 Å². The molecule has 3 rings (SSSR count). The van der Waals surface area contributed by atoms with Crippen LogP contribution in [0.3, 0.4) is 0 Å². The van der Waals surface area contributed by atoms with E-state index in [1.807, 2.05) is 33.9 Å². The Morgan fingerprint density at radius 1 is 0.884 bits per heavy atom. The molecule has 0 bridgehead atoms. The van der Waals surface area contributed by atoms with Crippen molar-refractivity contribution in [2.75, 3.05) is 31.3 Å². The normalized spacial score (nSPS) is 25.4. The highest BCUT2D eigenvalue weighted by Crippen LogP contribution is 2.49. The average Bonchev–Trinajstić information content (AvgIpc) is 3.50. The number of nitrogens with one attached hydrogen (secondary N) is 2. The molecule has 0 saturated carbocycles. The first-order valence-electron chi connectivity index (χ1n) is 21.8. The first-order chi connectivity index (χ1) is 31.7. The predicted octanol–water partition coefficient (Wildman–Crippen LogP) is 1.97. The lowest BCUT2D eigenvalue weighted by Gasteiger charge is -2.51. The van der Waals surface area contributed by atoms with Crippen molar-refractivity contribution in [2.45, 2.75) is 168 Å². The highest BCUT2D eigenvalue weighted by molar-refractivity contribution is 7.52. The first-order valence-corrected chi connectivity index (χ1v) is 26.5. The van der Waals surface area contributed by atoms with Crippen molar-refractivity contribution in [2.24, 2.45) is 0 Å². The fourth-order valence-electron chi connectivity index (χ4n) is 7.31. The summed E-state index contributed by atoms with van der Waals surface area (Å²) in [6.45, 7) is 16.6. The molecule has 2 aliphatic rings. The monoisotopic (exact) mass is 1020 g/mol. The highest BCUT2D eigenvalue weighted by Gasteiger charge is 2.56. The van der Waals surface area contributed by atoms with Gasteiger partial charge in [0, 0.05) is 68.0 Å². The van der Waals surface area contributed by atoms with E-state index in [1.54, 1.807) is 0 Å². The number of ether oxygens (including phenoxy) is 8. The number of rotatable bonds is 21. The van der Waals surface area contributed by atoms with E-state index in [9.17, 15) is 52.6 Å². The quantitative estimate of drug-likeness (QED) is 0.0686. The molecule has 27 heteroatoms. The molecular weight excluding hydrogens is 956 g/mol. The van der Waals surface area contributed by atoms with Gasteiger partial charge in [0.05, 0.1) is 31.0 Å². The zero-order chi connectivity index (χ0) is 52.4. The van der Waals surface area contributed by atoms with Crippen LogP contribution in [0.5, 0.6) is 0 Å². The molecule has 0 aliphatic carbocycles. The Morgan fingerprint density at radius 2 is 1.48 bits per heavy atom. The van der Waals surface area contributed by atoms with E-state index in [1.165, 1.54) is 19.2 Å². The van der Waals surface area contributed by atoms with Gasteiger partial charge in [-0.2, -0.15) is 4.98 Å². The van der Waals surface area contributed by atoms with Gasteiger partial charge in [-0.25, -0.2) is 4.79 Å². The number of aromatic nitrogens is 2. The van der Waals surface area contributed by atoms with E-state index in [0.29, 0.717) is 0 Å². The molecule has 3 heterocycles. The van der Waals surface area contributed by atoms with Crippen molar-refractivity contribution in [3.63, 3.8) is 0 Å². The molecule has 2 saturated heterocycles. The summed E-state index contributed by atoms with van der Waals surface area (Å²) in [7, 11) is -7.60. The van der Waals surface area contributed by atoms with Gasteiger partial charge < -0.3 is 62.4 Å². The number of carbonyl (C=O) groups excluding carboxylic acids is 8. The van der Waals surface area contributed by atoms with Crippen LogP contribution in [0.2, 0.25) is 18.1 Å². The second kappa shape index (κ2) is 24.1. The molecular formula is C42H65N4O21PSi. The summed E-state index contributed by atoms with van der Waals surface area (Å²) in [6, 6.07) is -0.106. The van der Waals surface area contributed by atoms with E-state index in [2.05, 4.69) is 15.6 Å². The van der Waals surface area contributed by atoms with Gasteiger partial charge in [-0.1, -0.05) is 20.8 Å². The third-order valence-electron chi connectivity index (χ3n) is 11.3. The smallest absolute Gasteiger partial charge is 0.351 e. The molecule has 69 heavy (non-hydrogen) atoms. The molecule has 0 spiro atoms. The minimum Gasteiger partial charge on any atom is -0.462 e. The van der Waals surface area contributed by atoms with Crippen LogP contribution < -0.4 is 16.3 Å². The summed E-state index contributed by atoms with van der Waals surface area (Å²) >= 11 is 0. The zero-order valence-corrected chi connectivity index (χ0v) is 42.9. The van der Waals surface area contributed by atoms with Gasteiger partial charge in [0.15, 0.2) is 39.0 Å². The van der Waals surface area contributed by atoms with Crippen LogP contribution in [0.15, 0.2) is 17.1 Å². The van der Waals surface area contributed by atoms with Crippen LogP contribution in [0.25, 0.3) is 0 Å². The number of esters is 6. The fraction of sp³-hybridized carbons (Fsp3) is 0.714. The van der Waals surface area contributed by atoms with Gasteiger partial charge in [-0.05, 0) is 30.6 Å². The minimum atomic E-state index is -4.85. The maximum Gasteiger partial charge on any atom is 0.351 e. The zero-order valence-electron chi connectivity index (χ0n) is 41.0. The van der Waals surface area contributed by atoms with E-state index in [4.69, 9.17) is 46.8 Å². The van der Waals surface area contributed by atoms with Gasteiger partial charge in [0.1, 0.15) is 30.7 Å². The van der Waals surface area contributed by atoms with Crippen molar-refractivity contribution in [3.05, 3.63) is 22.7 Å². The van der Waals surface area contributed by atoms with Crippen LogP contribution in [-0.4, -0.2) is 151 Å². The van der Waals surface area contributed by atoms with Gasteiger partial charge in [0.2, 0.25) is 11.8 Å². The van der Waals surface area contributed by atoms with Crippen LogP contribution in [0, 0.1) is 0 Å². The van der Waals surface area contributed by atoms with E-state index >= 15 is 0 Å². The van der Waals surface area contributed by atoms with Crippen molar-refractivity contribution < 1.29 is 94.7 Å². The second-order valence-electron chi connectivity index (χ2n) is 18.2. The summed E-state index contributed by atoms with van der Waals surface area (Å²) in [5.41, 5.74) is -2.75. The molecule has 0 radical (unpaired) electrons. The van der Waals surface area contributed by atoms with Crippen molar-refractivity contribution in [3.8, 4) is 0 Å². The Bertz CT molecular complexity index is 2180. The number of amides is 2. The van der Waals surface area contributed by atoms with Crippen LogP contribution in [0.1, 0.15) is 95.2 Å². The van der Waals surface area contributed by atoms with E-state index < -0.39 is 161 Å². The molecule has 388 valence electrons. The third-order valence-corrected chi connectivity index (χ3v) is 17.1. The maximum absolute atomic E-state index is 14.2. The van der Waals surface area contributed by atoms with Gasteiger partial charge in [0.25, 0.3) is 0 Å². The third kappa shape index (κ3) is 17.4. The molecule has 1 aromatic rings. The lowest BCUT2D eigenvalue weighted by molar-refractivity contribution is -0.244. The molecule has 2 fully saturated rings. The lowest BCUT2D eigenvalue weighted by atomic mass is 9.82. The van der Waals surface area contributed by atoms with Crippen molar-refractivity contribution in [1.29, 1.82) is 0 Å². The summed E-state index contributed by atoms with van der Waals surface area (Å²) in [5, 5.41) is 4.62. The second-order valence-corrected chi connectivity index (χ2v) is 25.0. The van der Waals surface area contributed by atoms with Crippen LogP contribution in [0.4, 0.5) is 5.82 Å². The standard InChI is InChI=1S/C42H65N4O21PSi/c1-22(47)43-33-14-16-46(40(55)45-33)39-38(65-29(8)54)36(64-28(7)53)32(66-39)20-59-68(56,57)17-15-42(21-60-69(12,13)41(9,10)11)18-30(61-25(4)50)34(44-23(2)48)37(67-42)35(63-27(6)52)31(62-26(5)51)19-58-24(3)49/h14,16,30-32,34-39H,15,17-21H2,1-13H3,(H,44,48)(H,56,57)(H,43,45,47,55)/t30-,31+,32+,34+,35+,36+,37+,38+,39+,42-/m0/s1. The Kier molecular flexibility index (Phi) is 20.4. The van der Waals surface area contributed by atoms with Crippen LogP contribution >= 0.6 is 7.60 Å². The van der Waals surface area contributed by atoms with Gasteiger partial charge in [-0.3, -0.25) is 47.5 Å². The summed E-state index contributed by atoms with van der Waals surface area (Å²) in [5.74, 6) is -6.48. The molecule has 3 N–H and O–H groups in total. The number of hydrogen-bond donors (Lipinski definition) is 3. The first kappa shape index (κ1) is 58.2. The average molecular weight is 1020 g/mol. The molecule has 11 atom stereocenters. The predicted molar refractivity (Wildman–Crippen MR) is 239 cm³/mol. The largest absolute Gasteiger partial charge is 0.462 e. The number of nitrogens with zero attached hydrogens (tertiary/aromatic N) is 2. The molecule has 1 aromatic heterocycles. The Balaban J connectivity index is 2.15. The molecule has 2 amide bonds. The summed E-state index contributed by atoms with van der Waals surface area (Å²) in [4.78, 5) is 128. The molecule has 25 nitrogen and oxygen atoms in total. The molecule has 2 aliphatic heterocycles. The van der Waals surface area contributed by atoms with Crippen LogP contribution in [-0.2, 0) is 89.8 Å². The fourth-order valence-corrected chi connectivity index (χ4v) is 9.56. The highest BCUT2D eigenvalue weighted by atomic mass is 31.2. The Morgan fingerprint density at radius 3 is 1.99 bits per heavy atom. The summed E-state index contributed by atoms with van der Waals surface area (Å²) in [6.07, 6.45) is -12.6. The molecule has 0 aromatic carbocycles.